The van der Waals surface area contributed by atoms with Crippen LogP contribution in [-0.2, 0) is 29.0 Å². The van der Waals surface area contributed by atoms with Crippen molar-refractivity contribution in [2.24, 2.45) is 0 Å². The maximum atomic E-state index is 13.4. The Labute approximate surface area is 205 Å². The van der Waals surface area contributed by atoms with E-state index in [2.05, 4.69) is 5.32 Å². The molecule has 6 nitrogen and oxygen atoms in total. The molecule has 3 rings (SSSR count). The molecule has 0 aliphatic carbocycles. The zero-order chi connectivity index (χ0) is 25.2. The Morgan fingerprint density at radius 2 is 1.54 bits per heavy atom. The Kier molecular flexibility index (Phi) is 9.23. The average molecular weight is 479 g/mol. The van der Waals surface area contributed by atoms with Gasteiger partial charge >= 0.3 is 0 Å². The highest BCUT2D eigenvalue weighted by Gasteiger charge is 2.26. The fraction of sp³-hybridized carbons (Fsp3) is 0.286. The second kappa shape index (κ2) is 12.6. The average Bonchev–Trinajstić information content (AvgIpc) is 2.88. The summed E-state index contributed by atoms with van der Waals surface area (Å²) in [6.07, 6.45) is 0.764. The van der Waals surface area contributed by atoms with Crippen molar-refractivity contribution in [1.82, 2.24) is 10.2 Å². The van der Waals surface area contributed by atoms with Crippen molar-refractivity contribution in [2.45, 2.75) is 32.4 Å². The van der Waals surface area contributed by atoms with Crippen LogP contribution in [0.15, 0.2) is 72.8 Å². The van der Waals surface area contributed by atoms with Gasteiger partial charge in [0.15, 0.2) is 11.5 Å². The predicted molar refractivity (Wildman–Crippen MR) is 133 cm³/mol. The lowest BCUT2D eigenvalue weighted by atomic mass is 10.1. The predicted octanol–water partition coefficient (Wildman–Crippen LogP) is 4.16. The van der Waals surface area contributed by atoms with E-state index in [9.17, 15) is 14.0 Å². The van der Waals surface area contributed by atoms with Gasteiger partial charge in [-0.3, -0.25) is 9.59 Å². The number of amides is 2. The molecule has 0 spiro atoms. The fourth-order valence-electron chi connectivity index (χ4n) is 3.76. The molecule has 7 heteroatoms. The molecule has 3 aromatic carbocycles. The monoisotopic (exact) mass is 478 g/mol. The molecule has 0 aliphatic rings. The van der Waals surface area contributed by atoms with E-state index in [1.54, 1.807) is 44.4 Å². The summed E-state index contributed by atoms with van der Waals surface area (Å²) >= 11 is 0. The first-order chi connectivity index (χ1) is 16.9. The summed E-state index contributed by atoms with van der Waals surface area (Å²) in [6.45, 7) is 2.34. The minimum absolute atomic E-state index is 0.0726. The first kappa shape index (κ1) is 25.7. The van der Waals surface area contributed by atoms with Crippen LogP contribution in [0.3, 0.4) is 0 Å². The third kappa shape index (κ3) is 7.30. The van der Waals surface area contributed by atoms with Gasteiger partial charge in [0.1, 0.15) is 11.9 Å². The van der Waals surface area contributed by atoms with Gasteiger partial charge in [0.25, 0.3) is 0 Å². The van der Waals surface area contributed by atoms with E-state index in [1.165, 1.54) is 24.1 Å². The molecule has 3 aromatic rings. The SMILES string of the molecule is COc1ccc(CC(=O)N(Cc2ccc(F)cc2)[C@@H](C)C(=O)NCCc2ccccc2)cc1OC. The number of halogens is 1. The third-order valence-corrected chi connectivity index (χ3v) is 5.79. The first-order valence-electron chi connectivity index (χ1n) is 11.5. The summed E-state index contributed by atoms with van der Waals surface area (Å²) in [6, 6.07) is 20.3. The van der Waals surface area contributed by atoms with Crippen molar-refractivity contribution in [3.8, 4) is 11.5 Å². The van der Waals surface area contributed by atoms with Crippen LogP contribution in [0.4, 0.5) is 4.39 Å². The molecule has 2 amide bonds. The highest BCUT2D eigenvalue weighted by atomic mass is 19.1. The summed E-state index contributed by atoms with van der Waals surface area (Å²) in [5, 5.41) is 2.93. The maximum absolute atomic E-state index is 13.4. The topological polar surface area (TPSA) is 67.9 Å². The van der Waals surface area contributed by atoms with Gasteiger partial charge in [-0.15, -0.1) is 0 Å². The number of ether oxygens (including phenoxy) is 2. The lowest BCUT2D eigenvalue weighted by Crippen LogP contribution is -2.48. The summed E-state index contributed by atoms with van der Waals surface area (Å²) in [7, 11) is 3.08. The van der Waals surface area contributed by atoms with E-state index in [-0.39, 0.29) is 30.6 Å². The van der Waals surface area contributed by atoms with Crippen molar-refractivity contribution >= 4 is 11.8 Å². The van der Waals surface area contributed by atoms with Crippen molar-refractivity contribution in [1.29, 1.82) is 0 Å². The molecule has 35 heavy (non-hydrogen) atoms. The Morgan fingerprint density at radius 1 is 0.886 bits per heavy atom. The lowest BCUT2D eigenvalue weighted by Gasteiger charge is -2.29. The largest absolute Gasteiger partial charge is 0.493 e. The number of methoxy groups -OCH3 is 2. The number of hydrogen-bond acceptors (Lipinski definition) is 4. The van der Waals surface area contributed by atoms with Gasteiger partial charge < -0.3 is 19.7 Å². The van der Waals surface area contributed by atoms with Gasteiger partial charge in [0.05, 0.1) is 20.6 Å². The molecule has 184 valence electrons. The Balaban J connectivity index is 1.73. The van der Waals surface area contributed by atoms with E-state index >= 15 is 0 Å². The number of hydrogen-bond donors (Lipinski definition) is 1. The standard InChI is InChI=1S/C28H31FN2O4/c1-20(28(33)30-16-15-21-7-5-4-6-8-21)31(19-22-9-12-24(29)13-10-22)27(32)18-23-11-14-25(34-2)26(17-23)35-3/h4-14,17,20H,15-16,18-19H2,1-3H3,(H,30,33)/t20-/m0/s1. The fourth-order valence-corrected chi connectivity index (χ4v) is 3.76. The van der Waals surface area contributed by atoms with Crippen molar-refractivity contribution in [2.75, 3.05) is 20.8 Å². The molecule has 0 radical (unpaired) electrons. The van der Waals surface area contributed by atoms with Crippen LogP contribution in [0.5, 0.6) is 11.5 Å². The van der Waals surface area contributed by atoms with Crippen molar-refractivity contribution in [3.05, 3.63) is 95.3 Å². The summed E-state index contributed by atoms with van der Waals surface area (Å²) in [4.78, 5) is 27.9. The molecule has 0 saturated heterocycles. The molecular formula is C28H31FN2O4. The molecule has 0 unspecified atom stereocenters. The van der Waals surface area contributed by atoms with Gasteiger partial charge in [-0.25, -0.2) is 4.39 Å². The number of nitrogens with one attached hydrogen (secondary N) is 1. The zero-order valence-corrected chi connectivity index (χ0v) is 20.3. The minimum Gasteiger partial charge on any atom is -0.493 e. The molecule has 1 N–H and O–H groups in total. The molecule has 1 atom stereocenters. The van der Waals surface area contributed by atoms with Gasteiger partial charge in [-0.1, -0.05) is 48.5 Å². The van der Waals surface area contributed by atoms with Crippen molar-refractivity contribution in [3.63, 3.8) is 0 Å². The zero-order valence-electron chi connectivity index (χ0n) is 20.3. The van der Waals surface area contributed by atoms with Gasteiger partial charge in [0, 0.05) is 13.1 Å². The number of rotatable bonds is 11. The summed E-state index contributed by atoms with van der Waals surface area (Å²) in [5.41, 5.74) is 2.58. The van der Waals surface area contributed by atoms with E-state index in [0.29, 0.717) is 24.5 Å². The van der Waals surface area contributed by atoms with Gasteiger partial charge in [-0.05, 0) is 54.3 Å². The van der Waals surface area contributed by atoms with E-state index < -0.39 is 6.04 Å². The van der Waals surface area contributed by atoms with Crippen LogP contribution in [0.1, 0.15) is 23.6 Å². The lowest BCUT2D eigenvalue weighted by molar-refractivity contribution is -0.140. The molecule has 0 aromatic heterocycles. The van der Waals surface area contributed by atoms with E-state index in [4.69, 9.17) is 9.47 Å². The second-order valence-corrected chi connectivity index (χ2v) is 8.22. The van der Waals surface area contributed by atoms with Crippen molar-refractivity contribution < 1.29 is 23.5 Å². The number of nitrogens with zero attached hydrogens (tertiary/aromatic N) is 1. The van der Waals surface area contributed by atoms with Crippen LogP contribution < -0.4 is 14.8 Å². The van der Waals surface area contributed by atoms with Gasteiger partial charge in [0.2, 0.25) is 11.8 Å². The quantitative estimate of drug-likeness (QED) is 0.449. The normalized spacial score (nSPS) is 11.4. The van der Waals surface area contributed by atoms with Crippen LogP contribution >= 0.6 is 0 Å². The van der Waals surface area contributed by atoms with Crippen LogP contribution in [-0.4, -0.2) is 43.5 Å². The number of benzene rings is 3. The highest BCUT2D eigenvalue weighted by molar-refractivity contribution is 5.88. The maximum Gasteiger partial charge on any atom is 0.242 e. The Bertz CT molecular complexity index is 1120. The van der Waals surface area contributed by atoms with Crippen LogP contribution in [0.2, 0.25) is 0 Å². The summed E-state index contributed by atoms with van der Waals surface area (Å²) in [5.74, 6) is 0.257. The second-order valence-electron chi connectivity index (χ2n) is 8.22. The smallest absolute Gasteiger partial charge is 0.242 e. The minimum atomic E-state index is -0.719. The van der Waals surface area contributed by atoms with E-state index in [0.717, 1.165) is 16.7 Å². The first-order valence-corrected chi connectivity index (χ1v) is 11.5. The molecule has 0 aliphatic heterocycles. The molecule has 0 saturated carbocycles. The number of carbonyl (C=O) groups excluding carboxylic acids is 2. The molecular weight excluding hydrogens is 447 g/mol. The third-order valence-electron chi connectivity index (χ3n) is 5.79. The number of carbonyl (C=O) groups is 2. The molecule has 0 bridgehead atoms. The van der Waals surface area contributed by atoms with Gasteiger partial charge in [-0.2, -0.15) is 0 Å². The van der Waals surface area contributed by atoms with Crippen LogP contribution in [0.25, 0.3) is 0 Å². The highest BCUT2D eigenvalue weighted by Crippen LogP contribution is 2.28. The Hall–Kier alpha value is -3.87. The summed E-state index contributed by atoms with van der Waals surface area (Å²) < 4.78 is 24.0. The Morgan fingerprint density at radius 3 is 2.20 bits per heavy atom. The molecule has 0 heterocycles. The van der Waals surface area contributed by atoms with E-state index in [1.807, 2.05) is 30.3 Å². The van der Waals surface area contributed by atoms with Crippen LogP contribution in [0, 0.1) is 5.82 Å². The molecule has 0 fully saturated rings.